The highest BCUT2D eigenvalue weighted by Gasteiger charge is 2.23. The number of carboxylic acid groups (broad SMARTS) is 3. The molecule has 1 aromatic carbocycles. The van der Waals surface area contributed by atoms with E-state index in [4.69, 9.17) is 0 Å². The van der Waals surface area contributed by atoms with E-state index in [-0.39, 0.29) is 43.1 Å². The number of aliphatic carboxylic acids is 3. The van der Waals surface area contributed by atoms with Gasteiger partial charge in [0.25, 0.3) is 0 Å². The third-order valence-electron chi connectivity index (χ3n) is 6.46. The van der Waals surface area contributed by atoms with E-state index >= 15 is 0 Å². The van der Waals surface area contributed by atoms with E-state index in [1.165, 1.54) is 0 Å². The van der Waals surface area contributed by atoms with Gasteiger partial charge in [-0.25, -0.2) is 0 Å². The van der Waals surface area contributed by atoms with Crippen molar-refractivity contribution in [3.63, 3.8) is 0 Å². The number of benzene rings is 1. The van der Waals surface area contributed by atoms with Crippen molar-refractivity contribution in [2.75, 3.05) is 72.0 Å². The van der Waals surface area contributed by atoms with Gasteiger partial charge in [0.1, 0.15) is 11.5 Å². The van der Waals surface area contributed by atoms with Crippen molar-refractivity contribution >= 4 is 17.9 Å². The van der Waals surface area contributed by atoms with Crippen LogP contribution in [-0.2, 0) is 26.3 Å². The van der Waals surface area contributed by atoms with E-state index in [1.54, 1.807) is 26.8 Å². The number of hydrogen-bond acceptors (Lipinski definition) is 9. The molecular weight excluding hydrogens is 484 g/mol. The van der Waals surface area contributed by atoms with Crippen LogP contribution >= 0.6 is 0 Å². The fraction of sp³-hybridized carbons (Fsp3) is 0.640. The maximum Gasteiger partial charge on any atom is 0.317 e. The largest absolute Gasteiger partial charge is 0.507 e. The van der Waals surface area contributed by atoms with Gasteiger partial charge >= 0.3 is 17.9 Å². The Morgan fingerprint density at radius 1 is 0.649 bits per heavy atom. The molecule has 2 rings (SSSR count). The molecule has 12 nitrogen and oxygen atoms in total. The first-order valence-electron chi connectivity index (χ1n) is 12.3. The summed E-state index contributed by atoms with van der Waals surface area (Å²) in [6, 6.07) is 3.27. The van der Waals surface area contributed by atoms with Gasteiger partial charge in [-0.1, -0.05) is 20.8 Å². The molecule has 208 valence electrons. The first-order valence-corrected chi connectivity index (χ1v) is 12.3. The van der Waals surface area contributed by atoms with Crippen molar-refractivity contribution in [3.8, 4) is 11.5 Å². The molecule has 0 aliphatic carbocycles. The van der Waals surface area contributed by atoms with E-state index in [0.717, 1.165) is 5.56 Å². The van der Waals surface area contributed by atoms with Crippen LogP contribution in [0.5, 0.6) is 11.5 Å². The molecule has 0 amide bonds. The summed E-state index contributed by atoms with van der Waals surface area (Å²) in [5, 5.41) is 49.4. The number of nitrogens with zero attached hydrogens (tertiary/aromatic N) is 4. The first kappa shape index (κ1) is 30.3. The van der Waals surface area contributed by atoms with E-state index in [0.29, 0.717) is 57.9 Å². The SMILES string of the molecule is CC(C)(C)c1cc(O)c(CN2CCN(CC(=O)O)CCN(CC(=O)O)CCN(CC(=O)O)CC2)c(O)c1. The number of aromatic hydroxyl groups is 2. The van der Waals surface area contributed by atoms with Crippen molar-refractivity contribution in [3.05, 3.63) is 23.3 Å². The van der Waals surface area contributed by atoms with Gasteiger partial charge in [0.2, 0.25) is 0 Å². The number of hydrogen-bond donors (Lipinski definition) is 5. The highest BCUT2D eigenvalue weighted by atomic mass is 16.4. The van der Waals surface area contributed by atoms with Gasteiger partial charge in [0, 0.05) is 64.5 Å². The molecule has 37 heavy (non-hydrogen) atoms. The summed E-state index contributed by atoms with van der Waals surface area (Å²) in [5.74, 6) is -3.08. The van der Waals surface area contributed by atoms with Gasteiger partial charge in [-0.3, -0.25) is 34.0 Å². The molecule has 0 radical (unpaired) electrons. The lowest BCUT2D eigenvalue weighted by atomic mass is 9.86. The van der Waals surface area contributed by atoms with Gasteiger partial charge < -0.3 is 25.5 Å². The molecular formula is C25H40N4O8. The molecule has 1 saturated heterocycles. The minimum absolute atomic E-state index is 0.0369. The highest BCUT2D eigenvalue weighted by molar-refractivity contribution is 5.70. The monoisotopic (exact) mass is 524 g/mol. The predicted molar refractivity (Wildman–Crippen MR) is 136 cm³/mol. The van der Waals surface area contributed by atoms with Crippen LogP contribution in [0.4, 0.5) is 0 Å². The van der Waals surface area contributed by atoms with Crippen molar-refractivity contribution in [1.29, 1.82) is 0 Å². The third kappa shape index (κ3) is 10.5. The van der Waals surface area contributed by atoms with Crippen molar-refractivity contribution in [1.82, 2.24) is 19.6 Å². The Labute approximate surface area is 217 Å². The summed E-state index contributed by atoms with van der Waals surface area (Å²) in [7, 11) is 0. The second-order valence-electron chi connectivity index (χ2n) is 10.5. The fourth-order valence-corrected chi connectivity index (χ4v) is 4.25. The zero-order chi connectivity index (χ0) is 27.8. The van der Waals surface area contributed by atoms with E-state index in [1.807, 2.05) is 25.7 Å². The minimum atomic E-state index is -1.01. The molecule has 5 N–H and O–H groups in total. The van der Waals surface area contributed by atoms with E-state index < -0.39 is 17.9 Å². The smallest absolute Gasteiger partial charge is 0.317 e. The maximum absolute atomic E-state index is 11.4. The summed E-state index contributed by atoms with van der Waals surface area (Å²) in [6.07, 6.45) is 0. The fourth-order valence-electron chi connectivity index (χ4n) is 4.25. The Kier molecular flexibility index (Phi) is 11.1. The third-order valence-corrected chi connectivity index (χ3v) is 6.46. The van der Waals surface area contributed by atoms with Gasteiger partial charge in [-0.05, 0) is 23.1 Å². The number of phenolic OH excluding ortho intramolecular Hbond substituents is 2. The second kappa shape index (κ2) is 13.6. The molecule has 12 heteroatoms. The van der Waals surface area contributed by atoms with E-state index in [2.05, 4.69) is 0 Å². The lowest BCUT2D eigenvalue weighted by Gasteiger charge is -2.33. The average Bonchev–Trinajstić information content (AvgIpc) is 2.75. The van der Waals surface area contributed by atoms with Crippen LogP contribution in [0.15, 0.2) is 12.1 Å². The van der Waals surface area contributed by atoms with Crippen LogP contribution in [-0.4, -0.2) is 135 Å². The van der Waals surface area contributed by atoms with Crippen molar-refractivity contribution < 1.29 is 39.9 Å². The van der Waals surface area contributed by atoms with Crippen LogP contribution < -0.4 is 0 Å². The van der Waals surface area contributed by atoms with Crippen LogP contribution in [0, 0.1) is 0 Å². The average molecular weight is 525 g/mol. The molecule has 0 spiro atoms. The topological polar surface area (TPSA) is 165 Å². The van der Waals surface area contributed by atoms with Crippen LogP contribution in [0.2, 0.25) is 0 Å². The summed E-state index contributed by atoms with van der Waals surface area (Å²) < 4.78 is 0. The van der Waals surface area contributed by atoms with Crippen molar-refractivity contribution in [2.45, 2.75) is 32.7 Å². The zero-order valence-corrected chi connectivity index (χ0v) is 21.9. The van der Waals surface area contributed by atoms with Gasteiger partial charge in [0.05, 0.1) is 19.6 Å². The lowest BCUT2D eigenvalue weighted by Crippen LogP contribution is -2.48. The molecule has 1 aliphatic rings. The quantitative estimate of drug-likeness (QED) is 0.318. The molecule has 0 atom stereocenters. The Morgan fingerprint density at radius 3 is 1.22 bits per heavy atom. The molecule has 0 bridgehead atoms. The number of rotatable bonds is 8. The summed E-state index contributed by atoms with van der Waals surface area (Å²) in [4.78, 5) is 41.2. The van der Waals surface area contributed by atoms with Gasteiger partial charge in [0.15, 0.2) is 0 Å². The molecule has 0 saturated carbocycles. The maximum atomic E-state index is 11.4. The molecule has 1 aliphatic heterocycles. The predicted octanol–water partition coefficient (Wildman–Crippen LogP) is 0.371. The minimum Gasteiger partial charge on any atom is -0.507 e. The number of phenols is 2. The van der Waals surface area contributed by atoms with Gasteiger partial charge in [-0.2, -0.15) is 0 Å². The van der Waals surface area contributed by atoms with Crippen LogP contribution in [0.25, 0.3) is 0 Å². The number of carbonyl (C=O) groups is 3. The first-order chi connectivity index (χ1) is 17.2. The molecule has 1 fully saturated rings. The Balaban J connectivity index is 2.28. The van der Waals surface area contributed by atoms with Crippen molar-refractivity contribution in [2.24, 2.45) is 0 Å². The Morgan fingerprint density at radius 2 is 0.946 bits per heavy atom. The summed E-state index contributed by atoms with van der Waals surface area (Å²) in [5.41, 5.74) is 0.859. The second-order valence-corrected chi connectivity index (χ2v) is 10.5. The lowest BCUT2D eigenvalue weighted by molar-refractivity contribution is -0.140. The summed E-state index contributed by atoms with van der Waals surface area (Å²) in [6.45, 7) is 8.24. The van der Waals surface area contributed by atoms with Gasteiger partial charge in [-0.15, -0.1) is 0 Å². The van der Waals surface area contributed by atoms with Crippen LogP contribution in [0.3, 0.4) is 0 Å². The van der Waals surface area contributed by atoms with E-state index in [9.17, 15) is 39.9 Å². The highest BCUT2D eigenvalue weighted by Crippen LogP contribution is 2.35. The Bertz CT molecular complexity index is 894. The molecule has 0 aromatic heterocycles. The zero-order valence-electron chi connectivity index (χ0n) is 21.9. The van der Waals surface area contributed by atoms with Crippen LogP contribution in [0.1, 0.15) is 31.9 Å². The Hall–Kier alpha value is -2.93. The summed E-state index contributed by atoms with van der Waals surface area (Å²) >= 11 is 0. The molecule has 0 unspecified atom stereocenters. The molecule has 1 aromatic rings. The standard InChI is InChI=1S/C25H40N4O8/c1-25(2,3)18-12-20(30)19(21(31)13-18)14-26-4-6-27(15-22(32)33)8-10-29(17-24(36)37)11-9-28(7-5-26)16-23(34)35/h12-13,30-31H,4-11,14-17H2,1-3H3,(H,32,33)(H,34,35)(H,36,37). The normalized spacial score (nSPS) is 18.1. The number of carboxylic acids is 3. The molecule has 1 heterocycles.